The lowest BCUT2D eigenvalue weighted by Gasteiger charge is -2.26. The minimum absolute atomic E-state index is 0.423. The Labute approximate surface area is 847 Å². The van der Waals surface area contributed by atoms with Crippen molar-refractivity contribution in [2.24, 2.45) is 0 Å². The summed E-state index contributed by atoms with van der Waals surface area (Å²) >= 11 is 0. The lowest BCUT2D eigenvalue weighted by molar-refractivity contribution is -0.148. The largest absolute Gasteiger partial charge is 0.469 e. The van der Waals surface area contributed by atoms with Crippen molar-refractivity contribution in [3.05, 3.63) is 0 Å². The minimum atomic E-state index is -2.53. The van der Waals surface area contributed by atoms with E-state index in [1.54, 1.807) is 0 Å². The summed E-state index contributed by atoms with van der Waals surface area (Å²) in [6.45, 7) is 0. The van der Waals surface area contributed by atoms with Gasteiger partial charge in [-0.3, -0.25) is 105 Å². The molecule has 830 valence electrons. The van der Waals surface area contributed by atoms with Crippen LogP contribution in [-0.4, -0.2) is 377 Å². The number of amides is 14. The van der Waals surface area contributed by atoms with Crippen LogP contribution in [0, 0.1) is 0 Å². The molecule has 60 heteroatoms. The molecule has 0 unspecified atom stereocenters. The number of hydrogen-bond donors (Lipinski definition) is 14. The van der Waals surface area contributed by atoms with E-state index in [0.29, 0.717) is 0 Å². The smallest absolute Gasteiger partial charge is 0.328 e. The molecule has 0 aromatic rings. The third kappa shape index (κ3) is 53.1. The van der Waals surface area contributed by atoms with Crippen LogP contribution in [0.15, 0.2) is 0 Å². The average Bonchev–Trinajstić information content (AvgIpc) is 0.851. The van der Waals surface area contributed by atoms with Crippen molar-refractivity contribution < 1.29 is 220 Å². The number of rotatable bonds is 70. The van der Waals surface area contributed by atoms with Crippen molar-refractivity contribution in [3.63, 3.8) is 0 Å². The van der Waals surface area contributed by atoms with Crippen molar-refractivity contribution in [1.29, 1.82) is 0 Å². The van der Waals surface area contributed by atoms with E-state index in [9.17, 15) is 125 Å². The summed E-state index contributed by atoms with van der Waals surface area (Å²) in [5.74, 6) is -37.0. The molecule has 0 heterocycles. The first-order chi connectivity index (χ1) is 70.0. The summed E-state index contributed by atoms with van der Waals surface area (Å²) in [5.41, 5.74) is 0. The van der Waals surface area contributed by atoms with Crippen LogP contribution in [0.2, 0.25) is 0 Å². The average molecular weight is 2120 g/mol. The standard InChI is InChI=1S/C88H132N14O46/c1-133-65(109)37-23-51(81(125)141-9)91-61(105)31-17-45(73(117)99-55(85(129)145-13)27-41-69(113)137-5)89-59(103)33-21-49(75(119)95-47(77(121)101-57(87(131)147-15)29-43-71(115)139-7)19-35-63(107)93-53(83(127)143-11)25-39-67(111)135-3)97-79(123)80(124)98-50(76(120)96-48(78(122)102-58(88(132)148-16)30-44-72(116)140-8)20-36-64(108)94-54(84(128)144-12)26-40-68(112)136-4)22-34-60(104)90-46(74(118)100-56(86(130)146-14)28-42-70(114)138-6)18-32-62(106)92-52(82(126)142-10)24-38-66(110)134-2/h45-58H,17-44H2,1-16H3,(H,89,103)(H,90,104)(H,91,105)(H,92,106)(H,93,107)(H,94,108)(H,95,119)(H,96,120)(H,97,123)(H,98,124)(H,99,117)(H,100,118)(H,101,121)(H,102,122)/t45-,46-,47-,48-,49-,50-,51-,52-,53-,54-,55-,56-,57-,58-/m0/s1. The van der Waals surface area contributed by atoms with E-state index >= 15 is 19.2 Å². The topological polar surface area (TPSA) is 828 Å². The van der Waals surface area contributed by atoms with E-state index in [-0.39, 0.29) is 0 Å². The fraction of sp³-hybridized carbons (Fsp3) is 0.659. The third-order valence-electron chi connectivity index (χ3n) is 21.4. The van der Waals surface area contributed by atoms with Gasteiger partial charge in [0.25, 0.3) is 0 Å². The van der Waals surface area contributed by atoms with Gasteiger partial charge in [0.15, 0.2) is 0 Å². The Morgan fingerprint density at radius 2 is 0.230 bits per heavy atom. The van der Waals surface area contributed by atoms with Gasteiger partial charge in [-0.05, 0) is 89.9 Å². The first-order valence-corrected chi connectivity index (χ1v) is 45.4. The zero-order valence-electron chi connectivity index (χ0n) is 84.7. The van der Waals surface area contributed by atoms with Gasteiger partial charge < -0.3 is 150 Å². The zero-order valence-corrected chi connectivity index (χ0v) is 84.7. The summed E-state index contributed by atoms with van der Waals surface area (Å²) in [6.07, 6.45) is -20.5. The molecule has 148 heavy (non-hydrogen) atoms. The molecular weight excluding hydrogens is 1990 g/mol. The molecule has 0 aromatic heterocycles. The molecule has 0 bridgehead atoms. The van der Waals surface area contributed by atoms with E-state index < -0.39 is 443 Å². The summed E-state index contributed by atoms with van der Waals surface area (Å²) in [4.78, 5) is 407. The van der Waals surface area contributed by atoms with Crippen molar-refractivity contribution in [3.8, 4) is 0 Å². The number of ether oxygens (including phenoxy) is 16. The van der Waals surface area contributed by atoms with Crippen LogP contribution in [0.1, 0.15) is 180 Å². The summed E-state index contributed by atoms with van der Waals surface area (Å²) in [5, 5.41) is 30.9. The molecule has 0 saturated carbocycles. The second-order valence-corrected chi connectivity index (χ2v) is 31.5. The molecule has 0 spiro atoms. The van der Waals surface area contributed by atoms with Crippen LogP contribution >= 0.6 is 0 Å². The molecule has 0 saturated heterocycles. The van der Waals surface area contributed by atoms with E-state index in [1.807, 2.05) is 10.6 Å². The summed E-state index contributed by atoms with van der Waals surface area (Å²) in [7, 11) is 15.1. The Hall–Kier alpha value is -15.9. The summed E-state index contributed by atoms with van der Waals surface area (Å²) in [6, 6.07) is -27.2. The predicted molar refractivity (Wildman–Crippen MR) is 489 cm³/mol. The van der Waals surface area contributed by atoms with E-state index in [1.165, 1.54) is 0 Å². The number of nitrogens with one attached hydrogen (secondary N) is 14. The maximum atomic E-state index is 15.4. The second kappa shape index (κ2) is 73.2. The molecule has 14 atom stereocenters. The van der Waals surface area contributed by atoms with Gasteiger partial charge in [-0.2, -0.15) is 0 Å². The Bertz CT molecular complexity index is 4340. The monoisotopic (exact) mass is 2120 g/mol. The van der Waals surface area contributed by atoms with Gasteiger partial charge in [-0.25, -0.2) is 38.4 Å². The number of hydrogen-bond acceptors (Lipinski definition) is 46. The zero-order chi connectivity index (χ0) is 112. The molecule has 0 aliphatic rings. The van der Waals surface area contributed by atoms with E-state index in [4.69, 9.17) is 37.9 Å². The lowest BCUT2D eigenvalue weighted by atomic mass is 10.0. The Morgan fingerprint density at radius 1 is 0.128 bits per heavy atom. The molecule has 0 radical (unpaired) electrons. The Morgan fingerprint density at radius 3 is 0.358 bits per heavy atom. The van der Waals surface area contributed by atoms with Crippen LogP contribution in [-0.2, 0) is 220 Å². The molecule has 60 nitrogen and oxygen atoms in total. The molecule has 0 fully saturated rings. The molecular formula is C88H132N14O46. The highest BCUT2D eigenvalue weighted by Crippen LogP contribution is 2.17. The normalized spacial score (nSPS) is 13.4. The number of esters is 16. The van der Waals surface area contributed by atoms with Gasteiger partial charge in [-0.1, -0.05) is 0 Å². The van der Waals surface area contributed by atoms with Gasteiger partial charge in [-0.15, -0.1) is 0 Å². The van der Waals surface area contributed by atoms with Crippen molar-refractivity contribution >= 4 is 178 Å². The molecule has 0 aliphatic heterocycles. The Balaban J connectivity index is 9.66. The van der Waals surface area contributed by atoms with Crippen LogP contribution < -0.4 is 74.4 Å². The minimum Gasteiger partial charge on any atom is -0.469 e. The van der Waals surface area contributed by atoms with Crippen LogP contribution in [0.5, 0.6) is 0 Å². The fourth-order valence-electron chi connectivity index (χ4n) is 13.0. The predicted octanol–water partition coefficient (Wildman–Crippen LogP) is -8.54. The van der Waals surface area contributed by atoms with Crippen molar-refractivity contribution in [1.82, 2.24) is 74.4 Å². The molecule has 14 amide bonds. The van der Waals surface area contributed by atoms with Crippen LogP contribution in [0.3, 0.4) is 0 Å². The maximum absolute atomic E-state index is 15.4. The molecule has 0 rings (SSSR count). The fourth-order valence-corrected chi connectivity index (χ4v) is 13.0. The van der Waals surface area contributed by atoms with Gasteiger partial charge >= 0.3 is 107 Å². The van der Waals surface area contributed by atoms with Gasteiger partial charge in [0, 0.05) is 89.9 Å². The van der Waals surface area contributed by atoms with Crippen LogP contribution in [0.4, 0.5) is 0 Å². The molecule has 0 aromatic carbocycles. The van der Waals surface area contributed by atoms with Crippen molar-refractivity contribution in [2.75, 3.05) is 114 Å². The maximum Gasteiger partial charge on any atom is 0.328 e. The SMILES string of the molecule is COC(=O)CC[C@H](NC(=O)CC[C@H](NC(=O)CC[C@H](NC(=O)C(=O)N[C@@H](CCC(=O)N[C@@H](CCC(=O)N[C@@H](CCC(=O)OC)C(=O)OC)C(=O)N[C@@H](CCC(=O)OC)C(=O)OC)C(=O)N[C@@H](CCC(=O)N[C@@H](CCC(=O)OC)C(=O)OC)C(=O)N[C@@H](CCC(=O)OC)C(=O)OC)C(=O)N[C@@H](CCC(=O)N[C@@H](CCC(=O)OC)C(=O)OC)C(=O)N[C@@H](CCC(=O)OC)C(=O)OC)C(=O)N[C@@H](CCC(=O)OC)C(=O)OC)C(=O)OC. The highest BCUT2D eigenvalue weighted by Gasteiger charge is 2.40. The highest BCUT2D eigenvalue weighted by molar-refractivity contribution is 6.36. The van der Waals surface area contributed by atoms with Crippen LogP contribution in [0.25, 0.3) is 0 Å². The Kier molecular flexibility index (Phi) is 65.3. The number of methoxy groups -OCH3 is 16. The van der Waals surface area contributed by atoms with Gasteiger partial charge in [0.2, 0.25) is 70.9 Å². The quantitative estimate of drug-likeness (QED) is 0.0153. The summed E-state index contributed by atoms with van der Waals surface area (Å²) < 4.78 is 75.5. The van der Waals surface area contributed by atoms with Gasteiger partial charge in [0.05, 0.1) is 114 Å². The molecule has 0 aliphatic carbocycles. The van der Waals surface area contributed by atoms with E-state index in [2.05, 4.69) is 102 Å². The van der Waals surface area contributed by atoms with Crippen molar-refractivity contribution in [2.45, 2.75) is 264 Å². The lowest BCUT2D eigenvalue weighted by Crippen LogP contribution is -2.59. The number of carbonyl (C=O) groups is 30. The molecule has 14 N–H and O–H groups in total. The first kappa shape index (κ1) is 132. The first-order valence-electron chi connectivity index (χ1n) is 45.4. The highest BCUT2D eigenvalue weighted by atomic mass is 16.6. The van der Waals surface area contributed by atoms with E-state index in [0.717, 1.165) is 114 Å². The third-order valence-corrected chi connectivity index (χ3v) is 21.4. The second-order valence-electron chi connectivity index (χ2n) is 31.5. The number of carbonyl (C=O) groups excluding carboxylic acids is 30. The van der Waals surface area contributed by atoms with Gasteiger partial charge in [0.1, 0.15) is 84.6 Å².